The quantitative estimate of drug-likeness (QED) is 0.873. The van der Waals surface area contributed by atoms with Gasteiger partial charge in [0, 0.05) is 22.4 Å². The Bertz CT molecular complexity index is 589. The first-order chi connectivity index (χ1) is 8.44. The van der Waals surface area contributed by atoms with E-state index in [0.717, 1.165) is 17.2 Å². The zero-order valence-corrected chi connectivity index (χ0v) is 13.0. The van der Waals surface area contributed by atoms with Crippen LogP contribution in [-0.4, -0.2) is 25.4 Å². The summed E-state index contributed by atoms with van der Waals surface area (Å²) in [6.07, 6.45) is 0. The summed E-state index contributed by atoms with van der Waals surface area (Å²) < 4.78 is 1.88. The minimum atomic E-state index is -0.386. The summed E-state index contributed by atoms with van der Waals surface area (Å²) in [6, 6.07) is 2.05. The summed E-state index contributed by atoms with van der Waals surface area (Å²) >= 11 is 0. The van der Waals surface area contributed by atoms with E-state index in [-0.39, 0.29) is 16.4 Å². The first-order valence-corrected chi connectivity index (χ1v) is 6.68. The number of rotatable bonds is 2. The number of aromatic nitrogens is 4. The molecule has 0 unspecified atom stereocenters. The molecule has 0 fully saturated rings. The van der Waals surface area contributed by atoms with Crippen molar-refractivity contribution in [3.63, 3.8) is 0 Å². The molecule has 0 bridgehead atoms. The molecular weight excluding hydrogens is 238 g/mol. The lowest BCUT2D eigenvalue weighted by atomic mass is 9.74. The van der Waals surface area contributed by atoms with Crippen molar-refractivity contribution in [2.45, 2.75) is 64.8 Å². The molecule has 2 aromatic rings. The van der Waals surface area contributed by atoms with Crippen LogP contribution in [0.25, 0.3) is 5.65 Å². The monoisotopic (exact) mass is 263 g/mol. The maximum absolute atomic E-state index is 6.29. The molecular formula is C14H25N5. The smallest absolute Gasteiger partial charge is 0.159 e. The Balaban J connectivity index is 2.61. The largest absolute Gasteiger partial charge is 0.325 e. The normalized spacial score (nSPS) is 14.3. The van der Waals surface area contributed by atoms with E-state index in [1.807, 2.05) is 18.4 Å². The van der Waals surface area contributed by atoms with E-state index in [2.05, 4.69) is 50.9 Å². The number of hydrogen-bond acceptors (Lipinski definition) is 3. The van der Waals surface area contributed by atoms with Gasteiger partial charge in [-0.3, -0.25) is 5.10 Å². The number of fused-ring (bicyclic) bond motifs is 1. The Morgan fingerprint density at radius 2 is 1.68 bits per heavy atom. The van der Waals surface area contributed by atoms with Crippen LogP contribution < -0.4 is 5.73 Å². The van der Waals surface area contributed by atoms with Crippen LogP contribution in [0, 0.1) is 0 Å². The molecule has 2 rings (SSSR count). The van der Waals surface area contributed by atoms with Crippen LogP contribution in [0.1, 0.15) is 60.0 Å². The minimum absolute atomic E-state index is 0.0203. The van der Waals surface area contributed by atoms with Gasteiger partial charge in [-0.25, -0.2) is 0 Å². The molecule has 0 saturated heterocycles. The van der Waals surface area contributed by atoms with Crippen molar-refractivity contribution < 1.29 is 0 Å². The third-order valence-corrected chi connectivity index (χ3v) is 4.12. The Morgan fingerprint density at radius 1 is 1.11 bits per heavy atom. The molecule has 5 nitrogen and oxygen atoms in total. The molecule has 0 spiro atoms. The maximum atomic E-state index is 6.29. The minimum Gasteiger partial charge on any atom is -0.325 e. The van der Waals surface area contributed by atoms with Gasteiger partial charge in [0.25, 0.3) is 0 Å². The number of H-pyrrole nitrogens is 1. The SMILES string of the molecule is CC(C)(C)c1cc2[nH]nc(C(C)(C)C(C)(C)N)n2n1. The lowest BCUT2D eigenvalue weighted by molar-refractivity contribution is 0.286. The highest BCUT2D eigenvalue weighted by molar-refractivity contribution is 5.42. The summed E-state index contributed by atoms with van der Waals surface area (Å²) in [5.74, 6) is 0.866. The first kappa shape index (κ1) is 14.1. The lowest BCUT2D eigenvalue weighted by Crippen LogP contribution is -2.51. The van der Waals surface area contributed by atoms with E-state index >= 15 is 0 Å². The van der Waals surface area contributed by atoms with Crippen molar-refractivity contribution in [2.24, 2.45) is 5.73 Å². The average molecular weight is 263 g/mol. The van der Waals surface area contributed by atoms with Crippen LogP contribution in [0.2, 0.25) is 0 Å². The topological polar surface area (TPSA) is 72.0 Å². The summed E-state index contributed by atoms with van der Waals surface area (Å²) in [7, 11) is 0. The number of aromatic amines is 1. The Kier molecular flexibility index (Phi) is 2.83. The molecule has 0 amide bonds. The Morgan fingerprint density at radius 3 is 2.16 bits per heavy atom. The van der Waals surface area contributed by atoms with Crippen molar-refractivity contribution >= 4 is 5.65 Å². The van der Waals surface area contributed by atoms with Gasteiger partial charge in [-0.05, 0) is 13.8 Å². The predicted molar refractivity (Wildman–Crippen MR) is 77.3 cm³/mol. The first-order valence-electron chi connectivity index (χ1n) is 6.68. The van der Waals surface area contributed by atoms with Gasteiger partial charge in [-0.2, -0.15) is 14.7 Å². The highest BCUT2D eigenvalue weighted by Crippen LogP contribution is 2.32. The predicted octanol–water partition coefficient (Wildman–Crippen LogP) is 2.37. The van der Waals surface area contributed by atoms with Crippen molar-refractivity contribution in [1.29, 1.82) is 0 Å². The van der Waals surface area contributed by atoms with E-state index in [1.54, 1.807) is 0 Å². The highest BCUT2D eigenvalue weighted by atomic mass is 15.4. The molecule has 19 heavy (non-hydrogen) atoms. The molecule has 3 N–H and O–H groups in total. The third kappa shape index (κ3) is 2.16. The molecule has 0 aliphatic carbocycles. The van der Waals surface area contributed by atoms with Gasteiger partial charge >= 0.3 is 0 Å². The van der Waals surface area contributed by atoms with Gasteiger partial charge < -0.3 is 5.73 Å². The van der Waals surface area contributed by atoms with Crippen molar-refractivity contribution in [2.75, 3.05) is 0 Å². The fourth-order valence-corrected chi connectivity index (χ4v) is 1.84. The zero-order valence-electron chi connectivity index (χ0n) is 13.0. The Hall–Kier alpha value is -1.36. The van der Waals surface area contributed by atoms with Gasteiger partial charge in [0.2, 0.25) is 0 Å². The second-order valence-corrected chi connectivity index (χ2v) is 7.47. The van der Waals surface area contributed by atoms with E-state index < -0.39 is 0 Å². The van der Waals surface area contributed by atoms with Gasteiger partial charge in [-0.1, -0.05) is 34.6 Å². The van der Waals surface area contributed by atoms with Gasteiger partial charge in [0.05, 0.1) is 5.69 Å². The fraction of sp³-hybridized carbons (Fsp3) is 0.714. The molecule has 0 radical (unpaired) electrons. The Labute approximate surface area is 114 Å². The second-order valence-electron chi connectivity index (χ2n) is 7.47. The highest BCUT2D eigenvalue weighted by Gasteiger charge is 2.39. The van der Waals surface area contributed by atoms with Crippen molar-refractivity contribution in [1.82, 2.24) is 19.8 Å². The van der Waals surface area contributed by atoms with Crippen LogP contribution in [-0.2, 0) is 10.8 Å². The summed E-state index contributed by atoms with van der Waals surface area (Å²) in [5.41, 5.74) is 7.61. The van der Waals surface area contributed by atoms with E-state index in [9.17, 15) is 0 Å². The van der Waals surface area contributed by atoms with Crippen LogP contribution in [0.5, 0.6) is 0 Å². The molecule has 2 heterocycles. The lowest BCUT2D eigenvalue weighted by Gasteiger charge is -2.36. The van der Waals surface area contributed by atoms with E-state index in [1.165, 1.54) is 0 Å². The molecule has 0 atom stereocenters. The number of nitrogens with zero attached hydrogens (tertiary/aromatic N) is 3. The molecule has 2 aromatic heterocycles. The van der Waals surface area contributed by atoms with Crippen LogP contribution in [0.15, 0.2) is 6.07 Å². The second kappa shape index (κ2) is 3.82. The third-order valence-electron chi connectivity index (χ3n) is 4.12. The molecule has 106 valence electrons. The molecule has 0 aliphatic rings. The standard InChI is InChI=1S/C14H25N5/c1-12(2,3)9-8-10-16-17-11(19(10)18-9)13(4,5)14(6,7)15/h8,16H,15H2,1-7H3. The van der Waals surface area contributed by atoms with Crippen LogP contribution in [0.3, 0.4) is 0 Å². The zero-order chi connectivity index (χ0) is 14.6. The number of nitrogens with one attached hydrogen (secondary N) is 1. The van der Waals surface area contributed by atoms with E-state index in [4.69, 9.17) is 10.8 Å². The van der Waals surface area contributed by atoms with Crippen molar-refractivity contribution in [3.8, 4) is 0 Å². The van der Waals surface area contributed by atoms with Gasteiger partial charge in [-0.15, -0.1) is 0 Å². The van der Waals surface area contributed by atoms with Gasteiger partial charge in [0.1, 0.15) is 0 Å². The van der Waals surface area contributed by atoms with E-state index in [0.29, 0.717) is 0 Å². The fourth-order valence-electron chi connectivity index (χ4n) is 1.84. The summed E-state index contributed by atoms with van der Waals surface area (Å²) in [6.45, 7) is 14.7. The molecule has 0 saturated carbocycles. The summed E-state index contributed by atoms with van der Waals surface area (Å²) in [5, 5.41) is 12.2. The van der Waals surface area contributed by atoms with Crippen molar-refractivity contribution in [3.05, 3.63) is 17.6 Å². The summed E-state index contributed by atoms with van der Waals surface area (Å²) in [4.78, 5) is 0. The molecule has 0 aromatic carbocycles. The average Bonchev–Trinajstić information content (AvgIpc) is 2.70. The molecule has 5 heteroatoms. The number of hydrogen-bond donors (Lipinski definition) is 2. The number of nitrogens with two attached hydrogens (primary N) is 1. The van der Waals surface area contributed by atoms with Crippen LogP contribution in [0.4, 0.5) is 0 Å². The maximum Gasteiger partial charge on any atom is 0.159 e. The van der Waals surface area contributed by atoms with Crippen LogP contribution >= 0.6 is 0 Å². The van der Waals surface area contributed by atoms with Gasteiger partial charge in [0.15, 0.2) is 11.5 Å². The molecule has 0 aliphatic heterocycles.